The first-order valence-corrected chi connectivity index (χ1v) is 6.37. The van der Waals surface area contributed by atoms with Crippen LogP contribution in [-0.4, -0.2) is 14.8 Å². The molecule has 0 N–H and O–H groups in total. The van der Waals surface area contributed by atoms with Crippen LogP contribution < -0.4 is 0 Å². The zero-order valence-electron chi connectivity index (χ0n) is 10.4. The van der Waals surface area contributed by atoms with E-state index in [9.17, 15) is 0 Å². The maximum atomic E-state index is 5.96. The molecule has 0 aliphatic rings. The van der Waals surface area contributed by atoms with Gasteiger partial charge in [0, 0.05) is 5.56 Å². The Bertz CT molecular complexity index is 704. The number of para-hydroxylation sites is 1. The van der Waals surface area contributed by atoms with Gasteiger partial charge in [0.1, 0.15) is 0 Å². The van der Waals surface area contributed by atoms with Gasteiger partial charge in [0.05, 0.1) is 5.69 Å². The molecule has 0 amide bonds. The van der Waals surface area contributed by atoms with Crippen molar-refractivity contribution in [2.24, 2.45) is 0 Å². The van der Waals surface area contributed by atoms with Crippen molar-refractivity contribution in [3.05, 3.63) is 65.4 Å². The molecule has 0 aliphatic heterocycles. The molecular weight excluding hydrogens is 258 g/mol. The minimum Gasteiger partial charge on any atom is -0.212 e. The van der Waals surface area contributed by atoms with Crippen LogP contribution in [0.5, 0.6) is 0 Å². The summed E-state index contributed by atoms with van der Waals surface area (Å²) in [6.45, 7) is 2.05. The molecule has 3 nitrogen and oxygen atoms in total. The normalized spacial score (nSPS) is 10.6. The van der Waals surface area contributed by atoms with Crippen molar-refractivity contribution in [2.45, 2.75) is 6.92 Å². The first kappa shape index (κ1) is 11.9. The largest absolute Gasteiger partial charge is 0.243 e. The van der Waals surface area contributed by atoms with Crippen molar-refractivity contribution in [1.29, 1.82) is 0 Å². The second kappa shape index (κ2) is 4.86. The third kappa shape index (κ3) is 2.37. The predicted octanol–water partition coefficient (Wildman–Crippen LogP) is 3.90. The Balaban J connectivity index is 2.18. The molecule has 0 aliphatic carbocycles. The quantitative estimate of drug-likeness (QED) is 0.706. The Morgan fingerprint density at radius 2 is 1.79 bits per heavy atom. The fourth-order valence-corrected chi connectivity index (χ4v) is 2.16. The fraction of sp³-hybridized carbons (Fsp3) is 0.0667. The van der Waals surface area contributed by atoms with Crippen molar-refractivity contribution in [2.75, 3.05) is 0 Å². The van der Waals surface area contributed by atoms with Gasteiger partial charge in [-0.2, -0.15) is 4.98 Å². The van der Waals surface area contributed by atoms with Crippen molar-refractivity contribution in [3.8, 4) is 17.1 Å². The molecule has 0 bridgehead atoms. The monoisotopic (exact) mass is 269 g/mol. The van der Waals surface area contributed by atoms with Crippen molar-refractivity contribution < 1.29 is 0 Å². The summed E-state index contributed by atoms with van der Waals surface area (Å²) in [6, 6.07) is 18.0. The fourth-order valence-electron chi connectivity index (χ4n) is 2.01. The third-order valence-electron chi connectivity index (χ3n) is 2.86. The van der Waals surface area contributed by atoms with E-state index in [4.69, 9.17) is 11.6 Å². The van der Waals surface area contributed by atoms with Crippen LogP contribution in [0.3, 0.4) is 0 Å². The summed E-state index contributed by atoms with van der Waals surface area (Å²) in [5.74, 6) is 0.750. The SMILES string of the molecule is Cc1cccc(-c2nc(Cl)nn2-c2ccccc2)c1. The molecule has 1 heterocycles. The van der Waals surface area contributed by atoms with E-state index in [0.717, 1.165) is 17.1 Å². The van der Waals surface area contributed by atoms with Gasteiger partial charge >= 0.3 is 0 Å². The van der Waals surface area contributed by atoms with Crippen LogP contribution in [0.25, 0.3) is 17.1 Å². The first-order valence-electron chi connectivity index (χ1n) is 5.99. The number of halogens is 1. The van der Waals surface area contributed by atoms with E-state index in [2.05, 4.69) is 16.1 Å². The lowest BCUT2D eigenvalue weighted by molar-refractivity contribution is 0.887. The maximum Gasteiger partial charge on any atom is 0.243 e. The Morgan fingerprint density at radius 1 is 1.00 bits per heavy atom. The highest BCUT2D eigenvalue weighted by atomic mass is 35.5. The zero-order chi connectivity index (χ0) is 13.2. The maximum absolute atomic E-state index is 5.96. The van der Waals surface area contributed by atoms with Crippen molar-refractivity contribution in [1.82, 2.24) is 14.8 Å². The Kier molecular flexibility index (Phi) is 3.05. The average Bonchev–Trinajstić information content (AvgIpc) is 2.82. The number of benzene rings is 2. The van der Waals surface area contributed by atoms with Crippen LogP contribution in [0.1, 0.15) is 5.56 Å². The lowest BCUT2D eigenvalue weighted by Gasteiger charge is -2.06. The van der Waals surface area contributed by atoms with Crippen molar-refractivity contribution >= 4 is 11.6 Å². The molecule has 0 spiro atoms. The Morgan fingerprint density at radius 3 is 2.53 bits per heavy atom. The van der Waals surface area contributed by atoms with Gasteiger partial charge in [-0.25, -0.2) is 4.68 Å². The standard InChI is InChI=1S/C15H12ClN3/c1-11-6-5-7-12(10-11)14-17-15(16)18-19(14)13-8-3-2-4-9-13/h2-10H,1H3. The minimum atomic E-state index is 0.250. The van der Waals surface area contributed by atoms with E-state index < -0.39 is 0 Å². The molecule has 0 atom stereocenters. The van der Waals surface area contributed by atoms with Crippen LogP contribution in [0.15, 0.2) is 54.6 Å². The van der Waals surface area contributed by atoms with E-state index in [1.54, 1.807) is 4.68 Å². The summed E-state index contributed by atoms with van der Waals surface area (Å²) < 4.78 is 1.76. The highest BCUT2D eigenvalue weighted by molar-refractivity contribution is 6.28. The highest BCUT2D eigenvalue weighted by Gasteiger charge is 2.12. The molecule has 1 aromatic heterocycles. The van der Waals surface area contributed by atoms with Gasteiger partial charge in [0.2, 0.25) is 5.28 Å². The molecule has 3 rings (SSSR count). The lowest BCUT2D eigenvalue weighted by Crippen LogP contribution is -1.99. The summed E-state index contributed by atoms with van der Waals surface area (Å²) in [7, 11) is 0. The molecule has 94 valence electrons. The average molecular weight is 270 g/mol. The van der Waals surface area contributed by atoms with Crippen LogP contribution in [-0.2, 0) is 0 Å². The summed E-state index contributed by atoms with van der Waals surface area (Å²) in [4.78, 5) is 4.32. The van der Waals surface area contributed by atoms with E-state index >= 15 is 0 Å². The number of hydrogen-bond donors (Lipinski definition) is 0. The summed E-state index contributed by atoms with van der Waals surface area (Å²) in [6.07, 6.45) is 0. The van der Waals surface area contributed by atoms with Gasteiger partial charge in [0.25, 0.3) is 0 Å². The first-order chi connectivity index (χ1) is 9.24. The minimum absolute atomic E-state index is 0.250. The number of nitrogens with zero attached hydrogens (tertiary/aromatic N) is 3. The van der Waals surface area contributed by atoms with Crippen LogP contribution in [0.2, 0.25) is 5.28 Å². The summed E-state index contributed by atoms with van der Waals surface area (Å²) >= 11 is 5.96. The van der Waals surface area contributed by atoms with Crippen molar-refractivity contribution in [3.63, 3.8) is 0 Å². The number of aromatic nitrogens is 3. The van der Waals surface area contributed by atoms with E-state index in [0.29, 0.717) is 0 Å². The molecule has 0 saturated carbocycles. The second-order valence-electron chi connectivity index (χ2n) is 4.32. The van der Waals surface area contributed by atoms with Crippen LogP contribution in [0, 0.1) is 6.92 Å². The van der Waals surface area contributed by atoms with Crippen LogP contribution in [0.4, 0.5) is 0 Å². The lowest BCUT2D eigenvalue weighted by atomic mass is 10.1. The van der Waals surface area contributed by atoms with Crippen LogP contribution >= 0.6 is 11.6 Å². The Hall–Kier alpha value is -2.13. The van der Waals surface area contributed by atoms with E-state index in [-0.39, 0.29) is 5.28 Å². The van der Waals surface area contributed by atoms with Gasteiger partial charge < -0.3 is 0 Å². The molecule has 4 heteroatoms. The molecule has 0 fully saturated rings. The van der Waals surface area contributed by atoms with E-state index in [1.807, 2.05) is 55.5 Å². The van der Waals surface area contributed by atoms with Gasteiger partial charge in [0.15, 0.2) is 5.82 Å². The molecule has 3 aromatic rings. The number of aryl methyl sites for hydroxylation is 1. The summed E-state index contributed by atoms with van der Waals surface area (Å²) in [5, 5.41) is 4.51. The van der Waals surface area contributed by atoms with Gasteiger partial charge in [-0.1, -0.05) is 42.0 Å². The van der Waals surface area contributed by atoms with Gasteiger partial charge in [-0.15, -0.1) is 5.10 Å². The van der Waals surface area contributed by atoms with Gasteiger partial charge in [-0.3, -0.25) is 0 Å². The molecule has 2 aromatic carbocycles. The molecule has 0 unspecified atom stereocenters. The van der Waals surface area contributed by atoms with Gasteiger partial charge in [-0.05, 0) is 36.7 Å². The molecule has 0 saturated heterocycles. The molecular formula is C15H12ClN3. The highest BCUT2D eigenvalue weighted by Crippen LogP contribution is 2.23. The number of rotatable bonds is 2. The molecule has 19 heavy (non-hydrogen) atoms. The van der Waals surface area contributed by atoms with E-state index in [1.165, 1.54) is 5.56 Å². The smallest absolute Gasteiger partial charge is 0.212 e. The zero-order valence-corrected chi connectivity index (χ0v) is 11.2. The second-order valence-corrected chi connectivity index (χ2v) is 4.66. The number of hydrogen-bond acceptors (Lipinski definition) is 2. The topological polar surface area (TPSA) is 30.7 Å². The third-order valence-corrected chi connectivity index (χ3v) is 3.02. The Labute approximate surface area is 116 Å². The summed E-state index contributed by atoms with van der Waals surface area (Å²) in [5.41, 5.74) is 3.12. The predicted molar refractivity (Wildman–Crippen MR) is 76.5 cm³/mol. The molecule has 0 radical (unpaired) electrons.